The zero-order valence-corrected chi connectivity index (χ0v) is 12.2. The van der Waals surface area contributed by atoms with Crippen molar-refractivity contribution >= 4 is 29.0 Å². The first-order chi connectivity index (χ1) is 9.63. The first-order valence-corrected chi connectivity index (χ1v) is 7.25. The Morgan fingerprint density at radius 3 is 2.50 bits per heavy atom. The summed E-state index contributed by atoms with van der Waals surface area (Å²) in [5.41, 5.74) is 7.43. The van der Waals surface area contributed by atoms with Crippen molar-refractivity contribution in [3.05, 3.63) is 48.0 Å². The van der Waals surface area contributed by atoms with Gasteiger partial charge in [-0.1, -0.05) is 0 Å². The van der Waals surface area contributed by atoms with Gasteiger partial charge in [0.15, 0.2) is 0 Å². The minimum absolute atomic E-state index is 0.223. The fourth-order valence-electron chi connectivity index (χ4n) is 1.77. The highest BCUT2D eigenvalue weighted by Crippen LogP contribution is 2.23. The van der Waals surface area contributed by atoms with E-state index in [1.807, 2.05) is 30.5 Å². The normalized spacial score (nSPS) is 10.1. The quantitative estimate of drug-likeness (QED) is 0.669. The molecule has 0 fully saturated rings. The van der Waals surface area contributed by atoms with E-state index in [1.54, 1.807) is 30.0 Å². The molecule has 104 valence electrons. The summed E-state index contributed by atoms with van der Waals surface area (Å²) in [5, 5.41) is 2.83. The lowest BCUT2D eigenvalue weighted by Gasteiger charge is -2.10. The van der Waals surface area contributed by atoms with Crippen molar-refractivity contribution in [3.8, 4) is 5.75 Å². The summed E-state index contributed by atoms with van der Waals surface area (Å²) in [6, 6.07) is 12.6. The van der Waals surface area contributed by atoms with Crippen molar-refractivity contribution < 1.29 is 9.53 Å². The second-order valence-electron chi connectivity index (χ2n) is 4.14. The second kappa shape index (κ2) is 6.34. The molecule has 0 spiro atoms. The van der Waals surface area contributed by atoms with Crippen LogP contribution in [-0.2, 0) is 0 Å². The first kappa shape index (κ1) is 14.3. The number of hydrogen-bond donors (Lipinski definition) is 2. The van der Waals surface area contributed by atoms with E-state index in [4.69, 9.17) is 10.5 Å². The maximum Gasteiger partial charge on any atom is 0.259 e. The summed E-state index contributed by atoms with van der Waals surface area (Å²) in [6.07, 6.45) is 2.01. The summed E-state index contributed by atoms with van der Waals surface area (Å²) < 4.78 is 5.18. The van der Waals surface area contributed by atoms with Gasteiger partial charge in [-0.25, -0.2) is 0 Å². The molecule has 0 heterocycles. The van der Waals surface area contributed by atoms with Crippen molar-refractivity contribution in [1.29, 1.82) is 0 Å². The third-order valence-electron chi connectivity index (χ3n) is 2.82. The van der Waals surface area contributed by atoms with Crippen LogP contribution >= 0.6 is 11.8 Å². The molecule has 2 aromatic carbocycles. The van der Waals surface area contributed by atoms with Crippen LogP contribution in [0.15, 0.2) is 47.4 Å². The van der Waals surface area contributed by atoms with Crippen LogP contribution in [0, 0.1) is 0 Å². The van der Waals surface area contributed by atoms with E-state index in [2.05, 4.69) is 5.32 Å². The summed E-state index contributed by atoms with van der Waals surface area (Å²) >= 11 is 1.65. The average Bonchev–Trinajstić information content (AvgIpc) is 2.47. The Kier molecular flexibility index (Phi) is 4.53. The van der Waals surface area contributed by atoms with Gasteiger partial charge in [-0.15, -0.1) is 11.8 Å². The fourth-order valence-corrected chi connectivity index (χ4v) is 2.18. The summed E-state index contributed by atoms with van der Waals surface area (Å²) in [5.74, 6) is 0.238. The number of anilines is 2. The van der Waals surface area contributed by atoms with Gasteiger partial charge >= 0.3 is 0 Å². The largest absolute Gasteiger partial charge is 0.496 e. The zero-order valence-electron chi connectivity index (χ0n) is 11.3. The second-order valence-corrected chi connectivity index (χ2v) is 5.02. The van der Waals surface area contributed by atoms with Crippen LogP contribution in [0.25, 0.3) is 0 Å². The number of carbonyl (C=O) groups is 1. The molecule has 0 aliphatic heterocycles. The van der Waals surface area contributed by atoms with Crippen LogP contribution in [0.5, 0.6) is 5.75 Å². The number of nitrogens with two attached hydrogens (primary N) is 1. The number of rotatable bonds is 4. The number of carbonyl (C=O) groups excluding carboxylic acids is 1. The molecule has 4 nitrogen and oxygen atoms in total. The highest BCUT2D eigenvalue weighted by molar-refractivity contribution is 7.98. The molecule has 0 bridgehead atoms. The number of thioether (sulfide) groups is 1. The Morgan fingerprint density at radius 2 is 1.90 bits per heavy atom. The molecule has 0 aliphatic rings. The van der Waals surface area contributed by atoms with Crippen molar-refractivity contribution in [2.24, 2.45) is 0 Å². The third-order valence-corrected chi connectivity index (χ3v) is 3.56. The maximum atomic E-state index is 12.2. The monoisotopic (exact) mass is 288 g/mol. The number of nitrogen functional groups attached to an aromatic ring is 1. The average molecular weight is 288 g/mol. The molecule has 0 saturated heterocycles. The molecule has 20 heavy (non-hydrogen) atoms. The molecular formula is C15H16N2O2S. The molecule has 2 aromatic rings. The predicted octanol–water partition coefficient (Wildman–Crippen LogP) is 3.25. The molecule has 1 amide bonds. The van der Waals surface area contributed by atoms with Gasteiger partial charge in [0.05, 0.1) is 12.7 Å². The molecule has 0 radical (unpaired) electrons. The van der Waals surface area contributed by atoms with E-state index in [-0.39, 0.29) is 5.91 Å². The fraction of sp³-hybridized carbons (Fsp3) is 0.133. The van der Waals surface area contributed by atoms with E-state index in [0.717, 1.165) is 10.6 Å². The number of amides is 1. The molecule has 0 atom stereocenters. The van der Waals surface area contributed by atoms with Crippen LogP contribution in [0.4, 0.5) is 11.4 Å². The first-order valence-electron chi connectivity index (χ1n) is 6.03. The number of hydrogen-bond acceptors (Lipinski definition) is 4. The summed E-state index contributed by atoms with van der Waals surface area (Å²) in [7, 11) is 1.51. The summed E-state index contributed by atoms with van der Waals surface area (Å²) in [4.78, 5) is 13.4. The molecule has 3 N–H and O–H groups in total. The van der Waals surface area contributed by atoms with Crippen LogP contribution in [-0.4, -0.2) is 19.3 Å². The minimum atomic E-state index is -0.223. The molecule has 0 aliphatic carbocycles. The molecule has 2 rings (SSSR count). The van der Waals surface area contributed by atoms with Crippen molar-refractivity contribution in [1.82, 2.24) is 0 Å². The van der Waals surface area contributed by atoms with E-state index in [9.17, 15) is 4.79 Å². The SMILES string of the molecule is COc1cc(N)ccc1C(=O)Nc1ccc(SC)cc1. The van der Waals surface area contributed by atoms with E-state index in [1.165, 1.54) is 7.11 Å². The predicted molar refractivity (Wildman–Crippen MR) is 83.6 cm³/mol. The maximum absolute atomic E-state index is 12.2. The molecule has 0 aromatic heterocycles. The topological polar surface area (TPSA) is 64.3 Å². The molecular weight excluding hydrogens is 272 g/mol. The Hall–Kier alpha value is -2.14. The van der Waals surface area contributed by atoms with Gasteiger partial charge in [0.25, 0.3) is 5.91 Å². The summed E-state index contributed by atoms with van der Waals surface area (Å²) in [6.45, 7) is 0. The number of methoxy groups -OCH3 is 1. The van der Waals surface area contributed by atoms with Gasteiger partial charge in [-0.2, -0.15) is 0 Å². The van der Waals surface area contributed by atoms with Gasteiger partial charge < -0.3 is 15.8 Å². The minimum Gasteiger partial charge on any atom is -0.496 e. The third kappa shape index (κ3) is 3.24. The van der Waals surface area contributed by atoms with E-state index >= 15 is 0 Å². The Morgan fingerprint density at radius 1 is 1.20 bits per heavy atom. The lowest BCUT2D eigenvalue weighted by Crippen LogP contribution is -2.13. The van der Waals surface area contributed by atoms with Crippen molar-refractivity contribution in [3.63, 3.8) is 0 Å². The zero-order chi connectivity index (χ0) is 14.5. The molecule has 0 unspecified atom stereocenters. The lowest BCUT2D eigenvalue weighted by atomic mass is 10.1. The Bertz CT molecular complexity index is 612. The van der Waals surface area contributed by atoms with Gasteiger partial charge in [-0.05, 0) is 42.7 Å². The number of nitrogens with one attached hydrogen (secondary N) is 1. The smallest absolute Gasteiger partial charge is 0.259 e. The van der Waals surface area contributed by atoms with Crippen LogP contribution in [0.2, 0.25) is 0 Å². The number of benzene rings is 2. The van der Waals surface area contributed by atoms with Crippen molar-refractivity contribution in [2.75, 3.05) is 24.4 Å². The standard InChI is InChI=1S/C15H16N2O2S/c1-19-14-9-10(16)3-8-13(14)15(18)17-11-4-6-12(20-2)7-5-11/h3-9H,16H2,1-2H3,(H,17,18). The Labute approximate surface area is 122 Å². The Balaban J connectivity index is 2.19. The van der Waals surface area contributed by atoms with Gasteiger partial charge in [0.1, 0.15) is 5.75 Å². The molecule has 5 heteroatoms. The van der Waals surface area contributed by atoms with Crippen LogP contribution < -0.4 is 15.8 Å². The molecule has 0 saturated carbocycles. The van der Waals surface area contributed by atoms with Gasteiger partial charge in [0.2, 0.25) is 0 Å². The van der Waals surface area contributed by atoms with E-state index in [0.29, 0.717) is 17.0 Å². The van der Waals surface area contributed by atoms with Gasteiger partial charge in [0, 0.05) is 22.3 Å². The van der Waals surface area contributed by atoms with Crippen molar-refractivity contribution in [2.45, 2.75) is 4.90 Å². The lowest BCUT2D eigenvalue weighted by molar-refractivity contribution is 0.102. The highest BCUT2D eigenvalue weighted by Gasteiger charge is 2.12. The van der Waals surface area contributed by atoms with Crippen LogP contribution in [0.1, 0.15) is 10.4 Å². The van der Waals surface area contributed by atoms with E-state index < -0.39 is 0 Å². The van der Waals surface area contributed by atoms with Gasteiger partial charge in [-0.3, -0.25) is 4.79 Å². The number of ether oxygens (including phenoxy) is 1. The van der Waals surface area contributed by atoms with Crippen LogP contribution in [0.3, 0.4) is 0 Å². The highest BCUT2D eigenvalue weighted by atomic mass is 32.2.